The molecule has 154 valence electrons. The van der Waals surface area contributed by atoms with Crippen molar-refractivity contribution in [3.05, 3.63) is 54.1 Å². The summed E-state index contributed by atoms with van der Waals surface area (Å²) in [6.45, 7) is 2.95. The van der Waals surface area contributed by atoms with Crippen LogP contribution in [-0.2, 0) is 21.2 Å². The fraction of sp³-hybridized carbons (Fsp3) is 0.409. The van der Waals surface area contributed by atoms with Crippen molar-refractivity contribution in [2.45, 2.75) is 36.0 Å². The van der Waals surface area contributed by atoms with Crippen LogP contribution >= 0.6 is 11.8 Å². The second-order valence-electron chi connectivity index (χ2n) is 7.90. The summed E-state index contributed by atoms with van der Waals surface area (Å²) in [6.07, 6.45) is 2.72. The van der Waals surface area contributed by atoms with Gasteiger partial charge in [-0.05, 0) is 48.9 Å². The maximum atomic E-state index is 13.2. The van der Waals surface area contributed by atoms with E-state index in [2.05, 4.69) is 17.4 Å². The summed E-state index contributed by atoms with van der Waals surface area (Å²) in [7, 11) is -3.56. The zero-order chi connectivity index (χ0) is 20.4. The summed E-state index contributed by atoms with van der Waals surface area (Å²) in [5.41, 5.74) is 1.91. The van der Waals surface area contributed by atoms with Crippen LogP contribution in [0, 0.1) is 11.8 Å². The Morgan fingerprint density at radius 1 is 1.10 bits per heavy atom. The van der Waals surface area contributed by atoms with Gasteiger partial charge in [-0.1, -0.05) is 37.3 Å². The number of thioether (sulfide) groups is 1. The molecule has 0 aliphatic carbocycles. The Morgan fingerprint density at radius 2 is 1.83 bits per heavy atom. The van der Waals surface area contributed by atoms with E-state index in [1.165, 1.54) is 5.56 Å². The highest BCUT2D eigenvalue weighted by molar-refractivity contribution is 7.99. The van der Waals surface area contributed by atoms with Gasteiger partial charge in [-0.2, -0.15) is 4.31 Å². The number of rotatable bonds is 4. The van der Waals surface area contributed by atoms with Crippen molar-refractivity contribution in [3.63, 3.8) is 0 Å². The first-order valence-electron chi connectivity index (χ1n) is 10.1. The van der Waals surface area contributed by atoms with E-state index >= 15 is 0 Å². The largest absolute Gasteiger partial charge is 0.325 e. The lowest BCUT2D eigenvalue weighted by Crippen LogP contribution is -2.38. The van der Waals surface area contributed by atoms with Crippen molar-refractivity contribution in [2.24, 2.45) is 11.8 Å². The minimum atomic E-state index is -3.56. The van der Waals surface area contributed by atoms with Crippen LogP contribution in [0.1, 0.15) is 25.3 Å². The number of carbonyl (C=O) groups excluding carboxylic acids is 1. The van der Waals surface area contributed by atoms with Crippen molar-refractivity contribution >= 4 is 33.4 Å². The SMILES string of the molecule is CC1CSc2ccc(S(=O)(=O)N3CCC(Cc4ccccc4)CC3)cc2NC1=O. The summed E-state index contributed by atoms with van der Waals surface area (Å²) in [6, 6.07) is 15.5. The van der Waals surface area contributed by atoms with Gasteiger partial charge < -0.3 is 5.32 Å². The summed E-state index contributed by atoms with van der Waals surface area (Å²) < 4.78 is 27.9. The van der Waals surface area contributed by atoms with E-state index in [9.17, 15) is 13.2 Å². The quantitative estimate of drug-likeness (QED) is 0.796. The summed E-state index contributed by atoms with van der Waals surface area (Å²) in [5, 5.41) is 2.88. The van der Waals surface area contributed by atoms with Crippen LogP contribution in [-0.4, -0.2) is 37.5 Å². The molecular formula is C22H26N2O3S2. The molecule has 2 aromatic rings. The van der Waals surface area contributed by atoms with E-state index in [1.54, 1.807) is 28.2 Å². The first-order valence-corrected chi connectivity index (χ1v) is 12.5. The lowest BCUT2D eigenvalue weighted by atomic mass is 9.91. The van der Waals surface area contributed by atoms with Gasteiger partial charge in [0.05, 0.1) is 10.6 Å². The predicted molar refractivity (Wildman–Crippen MR) is 117 cm³/mol. The molecule has 2 aromatic carbocycles. The zero-order valence-electron chi connectivity index (χ0n) is 16.5. The number of anilines is 1. The predicted octanol–water partition coefficient (Wildman–Crippen LogP) is 4.01. The normalized spacial score (nSPS) is 21.3. The standard InChI is InChI=1S/C22H26N2O3S2/c1-16-15-28-21-8-7-19(14-20(21)23-22(16)25)29(26,27)24-11-9-18(10-12-24)13-17-5-3-2-4-6-17/h2-8,14,16,18H,9-13,15H2,1H3,(H,23,25). The van der Waals surface area contributed by atoms with E-state index in [-0.39, 0.29) is 16.7 Å². The highest BCUT2D eigenvalue weighted by Crippen LogP contribution is 2.35. The Morgan fingerprint density at radius 3 is 2.55 bits per heavy atom. The molecule has 2 heterocycles. The molecular weight excluding hydrogens is 404 g/mol. The molecule has 7 heteroatoms. The van der Waals surface area contributed by atoms with E-state index in [0.29, 0.717) is 30.4 Å². The van der Waals surface area contributed by atoms with Crippen molar-refractivity contribution in [2.75, 3.05) is 24.2 Å². The average molecular weight is 431 g/mol. The third-order valence-electron chi connectivity index (χ3n) is 5.72. The smallest absolute Gasteiger partial charge is 0.243 e. The Hall–Kier alpha value is -1.83. The van der Waals surface area contributed by atoms with Gasteiger partial charge in [0.25, 0.3) is 0 Å². The molecule has 1 unspecified atom stereocenters. The number of carbonyl (C=O) groups is 1. The van der Waals surface area contributed by atoms with Crippen molar-refractivity contribution in [1.29, 1.82) is 0 Å². The van der Waals surface area contributed by atoms with Gasteiger partial charge in [0.1, 0.15) is 0 Å². The Kier molecular flexibility index (Phi) is 5.99. The molecule has 2 aliphatic heterocycles. The first kappa shape index (κ1) is 20.4. The summed E-state index contributed by atoms with van der Waals surface area (Å²) >= 11 is 1.59. The fourth-order valence-corrected chi connectivity index (χ4v) is 6.40. The molecule has 1 saturated heterocycles. The number of hydrogen-bond donors (Lipinski definition) is 1. The van der Waals surface area contributed by atoms with Gasteiger partial charge in [-0.3, -0.25) is 4.79 Å². The van der Waals surface area contributed by atoms with Crippen LogP contribution in [0.25, 0.3) is 0 Å². The third-order valence-corrected chi connectivity index (χ3v) is 8.95. The van der Waals surface area contributed by atoms with Gasteiger partial charge in [0.2, 0.25) is 15.9 Å². The second-order valence-corrected chi connectivity index (χ2v) is 10.9. The van der Waals surface area contributed by atoms with Crippen LogP contribution < -0.4 is 5.32 Å². The number of sulfonamides is 1. The lowest BCUT2D eigenvalue weighted by molar-refractivity contribution is -0.118. The number of benzene rings is 2. The maximum absolute atomic E-state index is 13.2. The molecule has 1 N–H and O–H groups in total. The van der Waals surface area contributed by atoms with Crippen LogP contribution in [0.2, 0.25) is 0 Å². The first-order chi connectivity index (χ1) is 13.9. The molecule has 1 fully saturated rings. The third kappa shape index (κ3) is 4.52. The number of hydrogen-bond acceptors (Lipinski definition) is 4. The fourth-order valence-electron chi connectivity index (χ4n) is 3.89. The van der Waals surface area contributed by atoms with Gasteiger partial charge in [-0.25, -0.2) is 8.42 Å². The number of amides is 1. The summed E-state index contributed by atoms with van der Waals surface area (Å²) in [4.78, 5) is 13.3. The van der Waals surface area contributed by atoms with Crippen LogP contribution in [0.15, 0.2) is 58.3 Å². The molecule has 0 bridgehead atoms. The number of nitrogens with zero attached hydrogens (tertiary/aromatic N) is 1. The van der Waals surface area contributed by atoms with Crippen LogP contribution in [0.3, 0.4) is 0 Å². The van der Waals surface area contributed by atoms with Crippen LogP contribution in [0.5, 0.6) is 0 Å². The molecule has 5 nitrogen and oxygen atoms in total. The minimum Gasteiger partial charge on any atom is -0.325 e. The lowest BCUT2D eigenvalue weighted by Gasteiger charge is -2.31. The monoisotopic (exact) mass is 430 g/mol. The van der Waals surface area contributed by atoms with Crippen LogP contribution in [0.4, 0.5) is 5.69 Å². The number of nitrogens with one attached hydrogen (secondary N) is 1. The molecule has 0 saturated carbocycles. The molecule has 29 heavy (non-hydrogen) atoms. The second kappa shape index (κ2) is 8.50. The number of piperidine rings is 1. The van der Waals surface area contributed by atoms with E-state index in [4.69, 9.17) is 0 Å². The van der Waals surface area contributed by atoms with Crippen molar-refractivity contribution in [3.8, 4) is 0 Å². The molecule has 0 radical (unpaired) electrons. The highest BCUT2D eigenvalue weighted by atomic mass is 32.2. The average Bonchev–Trinajstić information content (AvgIpc) is 2.87. The summed E-state index contributed by atoms with van der Waals surface area (Å²) in [5.74, 6) is 1.04. The molecule has 4 rings (SSSR count). The highest BCUT2D eigenvalue weighted by Gasteiger charge is 2.30. The van der Waals surface area contributed by atoms with Crippen molar-refractivity contribution < 1.29 is 13.2 Å². The maximum Gasteiger partial charge on any atom is 0.243 e. The molecule has 0 aromatic heterocycles. The topological polar surface area (TPSA) is 66.5 Å². The molecule has 0 spiro atoms. The molecule has 2 aliphatic rings. The van der Waals surface area contributed by atoms with Gasteiger partial charge >= 0.3 is 0 Å². The van der Waals surface area contributed by atoms with Gasteiger partial charge in [-0.15, -0.1) is 11.8 Å². The van der Waals surface area contributed by atoms with Gasteiger partial charge in [0, 0.05) is 29.7 Å². The molecule has 1 atom stereocenters. The van der Waals surface area contributed by atoms with E-state index < -0.39 is 10.0 Å². The van der Waals surface area contributed by atoms with E-state index in [0.717, 1.165) is 24.2 Å². The van der Waals surface area contributed by atoms with E-state index in [1.807, 2.05) is 31.2 Å². The Labute approximate surface area is 176 Å². The number of fused-ring (bicyclic) bond motifs is 1. The van der Waals surface area contributed by atoms with Crippen molar-refractivity contribution in [1.82, 2.24) is 4.31 Å². The zero-order valence-corrected chi connectivity index (χ0v) is 18.1. The Balaban J connectivity index is 1.46. The minimum absolute atomic E-state index is 0.0625. The Bertz CT molecular complexity index is 984. The van der Waals surface area contributed by atoms with Gasteiger partial charge in [0.15, 0.2) is 0 Å². The molecule has 1 amide bonds.